The summed E-state index contributed by atoms with van der Waals surface area (Å²) in [6.07, 6.45) is 9.09. The second kappa shape index (κ2) is 6.21. The summed E-state index contributed by atoms with van der Waals surface area (Å²) in [6.45, 7) is 0. The number of fused-ring (bicyclic) bond motifs is 3. The van der Waals surface area contributed by atoms with E-state index in [0.29, 0.717) is 12.8 Å². The lowest BCUT2D eigenvalue weighted by Crippen LogP contribution is -2.50. The van der Waals surface area contributed by atoms with Gasteiger partial charge in [0, 0.05) is 48.5 Å². The van der Waals surface area contributed by atoms with Gasteiger partial charge in [0.25, 0.3) is 0 Å². The number of thioether (sulfide) groups is 1. The van der Waals surface area contributed by atoms with Crippen LogP contribution in [-0.2, 0) is 12.6 Å². The zero-order valence-electron chi connectivity index (χ0n) is 15.5. The topological polar surface area (TPSA) is 67.1 Å². The van der Waals surface area contributed by atoms with Gasteiger partial charge in [-0.05, 0) is 43.4 Å². The van der Waals surface area contributed by atoms with Crippen LogP contribution in [0.25, 0.3) is 10.9 Å². The Morgan fingerprint density at radius 1 is 1.15 bits per heavy atom. The number of aromatic nitrogens is 4. The largest absolute Gasteiger partial charge is 0.383 e. The molecule has 3 aromatic rings. The summed E-state index contributed by atoms with van der Waals surface area (Å²) in [5.74, 6) is 1.01. The minimum absolute atomic E-state index is 0.277. The maximum Gasteiger partial charge on any atom is 0.140 e. The van der Waals surface area contributed by atoms with Gasteiger partial charge in [0.1, 0.15) is 17.7 Å². The Kier molecular flexibility index (Phi) is 3.91. The highest BCUT2D eigenvalue weighted by Crippen LogP contribution is 2.48. The Labute approximate surface area is 162 Å². The number of hydrogen-bond donors (Lipinski definition) is 1. The zero-order chi connectivity index (χ0) is 18.6. The van der Waals surface area contributed by atoms with E-state index in [9.17, 15) is 5.11 Å². The Morgan fingerprint density at radius 2 is 1.93 bits per heavy atom. The fourth-order valence-electron chi connectivity index (χ4n) is 4.97. The number of piperidine rings is 1. The molecule has 3 atom stereocenters. The molecule has 1 N–H and O–H groups in total. The van der Waals surface area contributed by atoms with Crippen molar-refractivity contribution in [3.63, 3.8) is 0 Å². The van der Waals surface area contributed by atoms with Crippen LogP contribution in [-0.4, -0.2) is 43.2 Å². The van der Waals surface area contributed by atoms with Gasteiger partial charge >= 0.3 is 0 Å². The van der Waals surface area contributed by atoms with E-state index < -0.39 is 5.60 Å². The molecule has 0 radical (unpaired) electrons. The lowest BCUT2D eigenvalue weighted by Gasteiger charge is -2.44. The van der Waals surface area contributed by atoms with Crippen LogP contribution in [0.2, 0.25) is 0 Å². The van der Waals surface area contributed by atoms with Gasteiger partial charge in [-0.1, -0.05) is 0 Å². The van der Waals surface area contributed by atoms with Gasteiger partial charge < -0.3 is 10.0 Å². The van der Waals surface area contributed by atoms with Crippen molar-refractivity contribution in [2.75, 3.05) is 11.2 Å². The lowest BCUT2D eigenvalue weighted by atomic mass is 9.83. The van der Waals surface area contributed by atoms with E-state index in [1.807, 2.05) is 13.1 Å². The molecule has 1 aromatic carbocycles. The molecule has 27 heavy (non-hydrogen) atoms. The van der Waals surface area contributed by atoms with Crippen molar-refractivity contribution >= 4 is 28.5 Å². The number of anilines is 1. The molecule has 1 unspecified atom stereocenters. The number of benzene rings is 1. The van der Waals surface area contributed by atoms with Crippen LogP contribution in [0.1, 0.15) is 31.4 Å². The highest BCUT2D eigenvalue weighted by atomic mass is 32.2. The van der Waals surface area contributed by atoms with Gasteiger partial charge in [-0.2, -0.15) is 5.10 Å². The minimum Gasteiger partial charge on any atom is -0.383 e. The maximum atomic E-state index is 11.4. The zero-order valence-corrected chi connectivity index (χ0v) is 16.4. The van der Waals surface area contributed by atoms with Crippen molar-refractivity contribution in [3.05, 3.63) is 42.5 Å². The minimum atomic E-state index is -0.819. The quantitative estimate of drug-likeness (QED) is 0.703. The van der Waals surface area contributed by atoms with Crippen LogP contribution in [0.5, 0.6) is 0 Å². The molecule has 0 aliphatic carbocycles. The molecule has 140 valence electrons. The molecule has 2 aliphatic heterocycles. The van der Waals surface area contributed by atoms with E-state index in [0.717, 1.165) is 35.3 Å². The van der Waals surface area contributed by atoms with Crippen molar-refractivity contribution in [2.45, 2.75) is 48.3 Å². The Morgan fingerprint density at radius 3 is 2.59 bits per heavy atom. The summed E-state index contributed by atoms with van der Waals surface area (Å²) in [6, 6.07) is 8.87. The molecule has 2 fully saturated rings. The predicted molar refractivity (Wildman–Crippen MR) is 107 cm³/mol. The van der Waals surface area contributed by atoms with E-state index in [4.69, 9.17) is 0 Å². The number of aliphatic hydroxyl groups is 1. The van der Waals surface area contributed by atoms with Crippen LogP contribution in [0, 0.1) is 0 Å². The molecular formula is C20H23N5OS. The van der Waals surface area contributed by atoms with Gasteiger partial charge in [-0.25, -0.2) is 9.97 Å². The number of hydrogen-bond acceptors (Lipinski definition) is 6. The molecule has 4 heterocycles. The summed E-state index contributed by atoms with van der Waals surface area (Å²) in [5, 5.41) is 16.8. The average molecular weight is 382 g/mol. The summed E-state index contributed by atoms with van der Waals surface area (Å²) in [4.78, 5) is 12.8. The fourth-order valence-corrected chi connectivity index (χ4v) is 5.40. The second-order valence-electron chi connectivity index (χ2n) is 7.65. The first kappa shape index (κ1) is 17.0. The number of nitrogens with zero attached hydrogens (tertiary/aromatic N) is 5. The van der Waals surface area contributed by atoms with Crippen LogP contribution in [0.4, 0.5) is 5.82 Å². The van der Waals surface area contributed by atoms with Crippen molar-refractivity contribution in [3.8, 4) is 0 Å². The fraction of sp³-hybridized carbons (Fsp3) is 0.450. The summed E-state index contributed by atoms with van der Waals surface area (Å²) >= 11 is 1.73. The van der Waals surface area contributed by atoms with E-state index in [2.05, 4.69) is 44.4 Å². The maximum absolute atomic E-state index is 11.4. The normalized spacial score (nSPS) is 27.4. The summed E-state index contributed by atoms with van der Waals surface area (Å²) < 4.78 is 1.81. The second-order valence-corrected chi connectivity index (χ2v) is 8.53. The third-order valence-corrected chi connectivity index (χ3v) is 6.86. The Hall–Kier alpha value is -2.12. The average Bonchev–Trinajstić information content (AvgIpc) is 3.23. The molecule has 0 spiro atoms. The summed E-state index contributed by atoms with van der Waals surface area (Å²) in [5.41, 5.74) is 1.07. The first-order valence-corrected chi connectivity index (χ1v) is 10.6. The van der Waals surface area contributed by atoms with Crippen LogP contribution in [0.15, 0.2) is 41.7 Å². The third kappa shape index (κ3) is 2.63. The Balaban J connectivity index is 1.55. The Bertz CT molecular complexity index is 989. The van der Waals surface area contributed by atoms with Crippen molar-refractivity contribution in [1.29, 1.82) is 0 Å². The SMILES string of the molecule is CSc1ccc2ncnc(N3[C@@H]4CC[C@H]3CC(O)(c3ccnn3C)C4)c2c1. The smallest absolute Gasteiger partial charge is 0.140 e. The van der Waals surface area contributed by atoms with Crippen molar-refractivity contribution in [2.24, 2.45) is 7.05 Å². The molecule has 7 heteroatoms. The van der Waals surface area contributed by atoms with Crippen molar-refractivity contribution < 1.29 is 5.11 Å². The first-order valence-electron chi connectivity index (χ1n) is 9.37. The molecule has 2 saturated heterocycles. The van der Waals surface area contributed by atoms with Crippen LogP contribution >= 0.6 is 11.8 Å². The van der Waals surface area contributed by atoms with Crippen molar-refractivity contribution in [1.82, 2.24) is 19.7 Å². The van der Waals surface area contributed by atoms with E-state index in [1.54, 1.807) is 29.0 Å². The van der Waals surface area contributed by atoms with E-state index in [1.165, 1.54) is 4.90 Å². The molecule has 2 aliphatic rings. The van der Waals surface area contributed by atoms with Gasteiger partial charge in [0.05, 0.1) is 11.2 Å². The third-order valence-electron chi connectivity index (χ3n) is 6.13. The van der Waals surface area contributed by atoms with E-state index in [-0.39, 0.29) is 12.1 Å². The number of rotatable bonds is 3. The standard InChI is InChI=1S/C20H23N5OS/c1-24-18(7-8-23-24)20(26)10-13-3-4-14(11-20)25(13)19-16-9-15(27-2)5-6-17(16)21-12-22-19/h5-9,12-14,26H,3-4,10-11H2,1-2H3/t13-,14+,20?. The van der Waals surface area contributed by atoms with Crippen LogP contribution < -0.4 is 4.90 Å². The highest BCUT2D eigenvalue weighted by molar-refractivity contribution is 7.98. The lowest BCUT2D eigenvalue weighted by molar-refractivity contribution is -0.0103. The van der Waals surface area contributed by atoms with Gasteiger partial charge in [0.2, 0.25) is 0 Å². The molecule has 6 nitrogen and oxygen atoms in total. The number of aryl methyl sites for hydroxylation is 1. The molecule has 2 aromatic heterocycles. The monoisotopic (exact) mass is 381 g/mol. The highest BCUT2D eigenvalue weighted by Gasteiger charge is 2.50. The molecule has 2 bridgehead atoms. The predicted octanol–water partition coefficient (Wildman–Crippen LogP) is 3.10. The van der Waals surface area contributed by atoms with Gasteiger partial charge in [0.15, 0.2) is 0 Å². The molecular weight excluding hydrogens is 358 g/mol. The molecule has 5 rings (SSSR count). The van der Waals surface area contributed by atoms with Crippen LogP contribution in [0.3, 0.4) is 0 Å². The molecule has 0 saturated carbocycles. The van der Waals surface area contributed by atoms with E-state index >= 15 is 0 Å². The van der Waals surface area contributed by atoms with Gasteiger partial charge in [-0.15, -0.1) is 11.8 Å². The first-order chi connectivity index (χ1) is 13.1. The van der Waals surface area contributed by atoms with Gasteiger partial charge in [-0.3, -0.25) is 4.68 Å². The molecule has 0 amide bonds. The summed E-state index contributed by atoms with van der Waals surface area (Å²) in [7, 11) is 1.91.